The summed E-state index contributed by atoms with van der Waals surface area (Å²) in [5.41, 5.74) is 0. The molecule has 1 rings (SSSR count). The van der Waals surface area contributed by atoms with Crippen molar-refractivity contribution in [1.82, 2.24) is 9.21 Å². The maximum atomic E-state index is 12.6. The summed E-state index contributed by atoms with van der Waals surface area (Å²) in [6, 6.07) is 1.54. The minimum Gasteiger partial charge on any atom is -0.391 e. The zero-order valence-electron chi connectivity index (χ0n) is 12.0. The van der Waals surface area contributed by atoms with Crippen molar-refractivity contribution in [1.29, 1.82) is 0 Å². The van der Waals surface area contributed by atoms with Gasteiger partial charge in [0.05, 0.1) is 10.4 Å². The first-order valence-corrected chi connectivity index (χ1v) is 9.41. The predicted molar refractivity (Wildman–Crippen MR) is 85.5 cm³/mol. The third kappa shape index (κ3) is 4.51. The minimum atomic E-state index is -3.50. The molecule has 0 aromatic carbocycles. The molecule has 116 valence electrons. The van der Waals surface area contributed by atoms with E-state index in [1.807, 2.05) is 25.9 Å². The highest BCUT2D eigenvalue weighted by Gasteiger charge is 2.27. The lowest BCUT2D eigenvalue weighted by molar-refractivity contribution is 0.285. The van der Waals surface area contributed by atoms with Crippen LogP contribution in [0.25, 0.3) is 0 Å². The lowest BCUT2D eigenvalue weighted by Crippen LogP contribution is -2.33. The Morgan fingerprint density at radius 1 is 1.35 bits per heavy atom. The lowest BCUT2D eigenvalue weighted by atomic mass is 10.4. The topological polar surface area (TPSA) is 60.9 Å². The standard InChI is InChI=1S/C12H21BrN2O3S2/c1-4-15(7-5-6-14(2)3)20(17,18)11-8-10(9-16)19-12(11)13/h8,16H,4-7,9H2,1-3H3. The van der Waals surface area contributed by atoms with E-state index in [1.165, 1.54) is 15.6 Å². The second-order valence-electron chi connectivity index (χ2n) is 4.66. The average molecular weight is 385 g/mol. The maximum absolute atomic E-state index is 12.6. The van der Waals surface area contributed by atoms with E-state index in [9.17, 15) is 8.42 Å². The van der Waals surface area contributed by atoms with Gasteiger partial charge in [0.2, 0.25) is 10.0 Å². The second-order valence-corrected chi connectivity index (χ2v) is 9.02. The van der Waals surface area contributed by atoms with Crippen LogP contribution in [0.3, 0.4) is 0 Å². The van der Waals surface area contributed by atoms with Crippen molar-refractivity contribution in [2.75, 3.05) is 33.7 Å². The number of hydrogen-bond acceptors (Lipinski definition) is 5. The first-order valence-electron chi connectivity index (χ1n) is 6.36. The van der Waals surface area contributed by atoms with Gasteiger partial charge >= 0.3 is 0 Å². The summed E-state index contributed by atoms with van der Waals surface area (Å²) in [5.74, 6) is 0. The summed E-state index contributed by atoms with van der Waals surface area (Å²) in [4.78, 5) is 2.92. The van der Waals surface area contributed by atoms with Gasteiger partial charge in [0.15, 0.2) is 0 Å². The van der Waals surface area contributed by atoms with Crippen molar-refractivity contribution in [2.24, 2.45) is 0 Å². The summed E-state index contributed by atoms with van der Waals surface area (Å²) in [7, 11) is 0.430. The highest BCUT2D eigenvalue weighted by Crippen LogP contribution is 2.33. The Morgan fingerprint density at radius 3 is 2.45 bits per heavy atom. The van der Waals surface area contributed by atoms with Gasteiger partial charge in [-0.2, -0.15) is 4.31 Å². The summed E-state index contributed by atoms with van der Waals surface area (Å²) in [5, 5.41) is 9.12. The smallest absolute Gasteiger partial charge is 0.245 e. The van der Waals surface area contributed by atoms with Crippen LogP contribution in [-0.2, 0) is 16.6 Å². The fourth-order valence-electron chi connectivity index (χ4n) is 1.80. The molecule has 0 aliphatic rings. The van der Waals surface area contributed by atoms with Gasteiger partial charge in [-0.25, -0.2) is 8.42 Å². The highest BCUT2D eigenvalue weighted by atomic mass is 79.9. The molecule has 8 heteroatoms. The Balaban J connectivity index is 2.90. The van der Waals surface area contributed by atoms with E-state index < -0.39 is 10.0 Å². The van der Waals surface area contributed by atoms with Gasteiger partial charge in [0.25, 0.3) is 0 Å². The molecule has 1 N–H and O–H groups in total. The molecular weight excluding hydrogens is 364 g/mol. The van der Waals surface area contributed by atoms with Crippen molar-refractivity contribution < 1.29 is 13.5 Å². The van der Waals surface area contributed by atoms with E-state index in [1.54, 1.807) is 6.07 Å². The van der Waals surface area contributed by atoms with Crippen LogP contribution in [0, 0.1) is 0 Å². The minimum absolute atomic E-state index is 0.147. The van der Waals surface area contributed by atoms with Crippen molar-refractivity contribution in [3.63, 3.8) is 0 Å². The molecule has 0 saturated heterocycles. The SMILES string of the molecule is CCN(CCCN(C)C)S(=O)(=O)c1cc(CO)sc1Br. The Labute approximate surface area is 133 Å². The molecule has 5 nitrogen and oxygen atoms in total. The number of aliphatic hydroxyl groups is 1. The van der Waals surface area contributed by atoms with Gasteiger partial charge in [0, 0.05) is 18.0 Å². The lowest BCUT2D eigenvalue weighted by Gasteiger charge is -2.21. The molecule has 0 atom stereocenters. The van der Waals surface area contributed by atoms with Crippen LogP contribution in [0.4, 0.5) is 0 Å². The molecule has 0 spiro atoms. The number of aliphatic hydroxyl groups excluding tert-OH is 1. The van der Waals surface area contributed by atoms with Crippen LogP contribution in [0.5, 0.6) is 0 Å². The first-order chi connectivity index (χ1) is 9.32. The van der Waals surface area contributed by atoms with E-state index in [0.717, 1.165) is 13.0 Å². The molecule has 0 radical (unpaired) electrons. The van der Waals surface area contributed by atoms with Gasteiger partial charge in [0.1, 0.15) is 4.90 Å². The molecule has 0 aliphatic heterocycles. The molecule has 0 saturated carbocycles. The summed E-state index contributed by atoms with van der Waals surface area (Å²) in [6.45, 7) is 3.46. The molecule has 0 amide bonds. The molecule has 0 bridgehead atoms. The van der Waals surface area contributed by atoms with Crippen molar-refractivity contribution in [3.8, 4) is 0 Å². The van der Waals surface area contributed by atoms with Crippen LogP contribution in [0.1, 0.15) is 18.2 Å². The average Bonchev–Trinajstić information content (AvgIpc) is 2.76. The fraction of sp³-hybridized carbons (Fsp3) is 0.667. The molecule has 0 fully saturated rings. The Morgan fingerprint density at radius 2 is 2.00 bits per heavy atom. The van der Waals surface area contributed by atoms with Crippen LogP contribution in [0.15, 0.2) is 14.7 Å². The second kappa shape index (κ2) is 7.86. The van der Waals surface area contributed by atoms with E-state index in [4.69, 9.17) is 5.11 Å². The van der Waals surface area contributed by atoms with Gasteiger partial charge in [-0.1, -0.05) is 6.92 Å². The molecule has 1 heterocycles. The summed E-state index contributed by atoms with van der Waals surface area (Å²) >= 11 is 4.53. The van der Waals surface area contributed by atoms with E-state index in [0.29, 0.717) is 21.8 Å². The zero-order chi connectivity index (χ0) is 15.3. The van der Waals surface area contributed by atoms with Gasteiger partial charge < -0.3 is 10.0 Å². The first kappa shape index (κ1) is 18.1. The summed E-state index contributed by atoms with van der Waals surface area (Å²) in [6.07, 6.45) is 0.786. The van der Waals surface area contributed by atoms with Crippen molar-refractivity contribution in [3.05, 3.63) is 14.7 Å². The fourth-order valence-corrected chi connectivity index (χ4v) is 5.78. The summed E-state index contributed by atoms with van der Waals surface area (Å²) < 4.78 is 27.2. The van der Waals surface area contributed by atoms with Crippen LogP contribution < -0.4 is 0 Å². The molecule has 1 aromatic rings. The number of sulfonamides is 1. The van der Waals surface area contributed by atoms with E-state index in [2.05, 4.69) is 15.9 Å². The van der Waals surface area contributed by atoms with Crippen molar-refractivity contribution in [2.45, 2.75) is 24.8 Å². The number of halogens is 1. The van der Waals surface area contributed by atoms with Crippen LogP contribution in [-0.4, -0.2) is 56.5 Å². The van der Waals surface area contributed by atoms with E-state index >= 15 is 0 Å². The monoisotopic (exact) mass is 384 g/mol. The number of hydrogen-bond donors (Lipinski definition) is 1. The maximum Gasteiger partial charge on any atom is 0.245 e. The molecular formula is C12H21BrN2O3S2. The Bertz CT molecular complexity index is 529. The largest absolute Gasteiger partial charge is 0.391 e. The van der Waals surface area contributed by atoms with Crippen LogP contribution >= 0.6 is 27.3 Å². The molecule has 0 unspecified atom stereocenters. The third-order valence-corrected chi connectivity index (χ3v) is 7.06. The van der Waals surface area contributed by atoms with Crippen LogP contribution in [0.2, 0.25) is 0 Å². The zero-order valence-corrected chi connectivity index (χ0v) is 15.2. The van der Waals surface area contributed by atoms with Crippen molar-refractivity contribution >= 4 is 37.3 Å². The molecule has 0 aliphatic carbocycles. The van der Waals surface area contributed by atoms with Gasteiger partial charge in [-0.05, 0) is 49.1 Å². The molecule has 1 aromatic heterocycles. The predicted octanol–water partition coefficient (Wildman–Crippen LogP) is 1.97. The quantitative estimate of drug-likeness (QED) is 0.743. The number of rotatable bonds is 8. The highest BCUT2D eigenvalue weighted by molar-refractivity contribution is 9.11. The van der Waals surface area contributed by atoms with E-state index in [-0.39, 0.29) is 11.5 Å². The third-order valence-electron chi connectivity index (χ3n) is 2.85. The van der Waals surface area contributed by atoms with Gasteiger partial charge in [-0.3, -0.25) is 0 Å². The van der Waals surface area contributed by atoms with Gasteiger partial charge in [-0.15, -0.1) is 11.3 Å². The normalized spacial score (nSPS) is 12.6. The number of nitrogens with zero attached hydrogens (tertiary/aromatic N) is 2. The number of thiophene rings is 1. The Hall–Kier alpha value is 0.01000. The Kier molecular flexibility index (Phi) is 7.10. The molecule has 20 heavy (non-hydrogen) atoms.